The third-order valence-electron chi connectivity index (χ3n) is 5.42. The van der Waals surface area contributed by atoms with Crippen LogP contribution in [0.1, 0.15) is 12.5 Å². The minimum atomic E-state index is -4.20. The lowest BCUT2D eigenvalue weighted by Gasteiger charge is -2.32. The largest absolute Gasteiger partial charge is 0.357 e. The van der Waals surface area contributed by atoms with Gasteiger partial charge in [0.2, 0.25) is 11.8 Å². The monoisotopic (exact) mass is 533 g/mol. The zero-order chi connectivity index (χ0) is 25.6. The highest BCUT2D eigenvalue weighted by molar-refractivity contribution is 7.92. The lowest BCUT2D eigenvalue weighted by atomic mass is 10.1. The molecule has 0 bridgehead atoms. The highest BCUT2D eigenvalue weighted by Crippen LogP contribution is 2.35. The maximum atomic E-state index is 13.6. The van der Waals surface area contributed by atoms with Gasteiger partial charge in [-0.1, -0.05) is 77.8 Å². The van der Waals surface area contributed by atoms with Crippen LogP contribution in [0.3, 0.4) is 0 Å². The molecule has 1 N–H and O–H groups in total. The van der Waals surface area contributed by atoms with E-state index in [0.717, 1.165) is 9.87 Å². The topological polar surface area (TPSA) is 86.8 Å². The SMILES string of the molecule is CNC(=O)[C@H](C)N(Cc1ccccc1)C(=O)CN(c1cccc(Cl)c1Cl)S(=O)(=O)c1ccccc1. The van der Waals surface area contributed by atoms with Crippen molar-refractivity contribution in [3.63, 3.8) is 0 Å². The van der Waals surface area contributed by atoms with Crippen molar-refractivity contribution in [1.82, 2.24) is 10.2 Å². The zero-order valence-electron chi connectivity index (χ0n) is 19.2. The molecule has 0 aliphatic rings. The number of rotatable bonds is 9. The van der Waals surface area contributed by atoms with Crippen molar-refractivity contribution in [2.75, 3.05) is 17.9 Å². The standard InChI is InChI=1S/C25H25Cl2N3O4S/c1-18(25(32)28-2)29(16-19-10-5-3-6-11-19)23(31)17-30(22-15-9-14-21(26)24(22)27)35(33,34)20-12-7-4-8-13-20/h3-15,18H,16-17H2,1-2H3,(H,28,32)/t18-/m0/s1. The minimum absolute atomic E-state index is 0.00423. The third kappa shape index (κ3) is 6.14. The molecule has 0 radical (unpaired) electrons. The Balaban J connectivity index is 2.06. The number of hydrogen-bond acceptors (Lipinski definition) is 4. The van der Waals surface area contributed by atoms with E-state index in [2.05, 4.69) is 5.32 Å². The summed E-state index contributed by atoms with van der Waals surface area (Å²) in [5.74, 6) is -0.965. The van der Waals surface area contributed by atoms with Crippen LogP contribution in [0.2, 0.25) is 10.0 Å². The molecule has 0 unspecified atom stereocenters. The van der Waals surface area contributed by atoms with Crippen LogP contribution in [-0.2, 0) is 26.2 Å². The van der Waals surface area contributed by atoms with Crippen molar-refractivity contribution in [3.05, 3.63) is 94.5 Å². The van der Waals surface area contributed by atoms with Crippen molar-refractivity contribution < 1.29 is 18.0 Å². The second kappa shape index (κ2) is 11.6. The zero-order valence-corrected chi connectivity index (χ0v) is 21.5. The van der Waals surface area contributed by atoms with E-state index < -0.39 is 28.5 Å². The van der Waals surface area contributed by atoms with Crippen molar-refractivity contribution in [1.29, 1.82) is 0 Å². The van der Waals surface area contributed by atoms with Gasteiger partial charge in [-0.05, 0) is 36.8 Å². The van der Waals surface area contributed by atoms with Crippen molar-refractivity contribution in [2.24, 2.45) is 0 Å². The number of nitrogens with one attached hydrogen (secondary N) is 1. The Labute approximate surface area is 215 Å². The van der Waals surface area contributed by atoms with Gasteiger partial charge in [0.15, 0.2) is 0 Å². The molecular formula is C25H25Cl2N3O4S. The van der Waals surface area contributed by atoms with E-state index in [9.17, 15) is 18.0 Å². The number of amides is 2. The summed E-state index contributed by atoms with van der Waals surface area (Å²) in [7, 11) is -2.73. The van der Waals surface area contributed by atoms with Crippen LogP contribution in [0, 0.1) is 0 Å². The van der Waals surface area contributed by atoms with E-state index in [4.69, 9.17) is 23.2 Å². The molecule has 0 spiro atoms. The number of anilines is 1. The molecule has 184 valence electrons. The van der Waals surface area contributed by atoms with Crippen molar-refractivity contribution >= 4 is 50.7 Å². The molecular weight excluding hydrogens is 509 g/mol. The first-order chi connectivity index (χ1) is 16.7. The van der Waals surface area contributed by atoms with Gasteiger partial charge in [-0.15, -0.1) is 0 Å². The summed E-state index contributed by atoms with van der Waals surface area (Å²) < 4.78 is 28.2. The number of halogens is 2. The molecule has 0 saturated heterocycles. The quantitative estimate of drug-likeness (QED) is 0.442. The summed E-state index contributed by atoms with van der Waals surface area (Å²) in [4.78, 5) is 27.4. The summed E-state index contributed by atoms with van der Waals surface area (Å²) in [5.41, 5.74) is 0.846. The highest BCUT2D eigenvalue weighted by atomic mass is 35.5. The van der Waals surface area contributed by atoms with Gasteiger partial charge in [-0.25, -0.2) is 8.42 Å². The van der Waals surface area contributed by atoms with E-state index in [-0.39, 0.29) is 33.1 Å². The molecule has 3 aromatic rings. The first-order valence-corrected chi connectivity index (χ1v) is 12.9. The van der Waals surface area contributed by atoms with Crippen LogP contribution in [0.5, 0.6) is 0 Å². The fraction of sp³-hybridized carbons (Fsp3) is 0.200. The highest BCUT2D eigenvalue weighted by Gasteiger charge is 2.33. The molecule has 0 aromatic heterocycles. The number of benzene rings is 3. The molecule has 10 heteroatoms. The minimum Gasteiger partial charge on any atom is -0.357 e. The molecule has 0 heterocycles. The predicted octanol–water partition coefficient (Wildman–Crippen LogP) is 4.35. The molecule has 0 fully saturated rings. The van der Waals surface area contributed by atoms with E-state index in [1.54, 1.807) is 31.2 Å². The third-order valence-corrected chi connectivity index (χ3v) is 8.00. The van der Waals surface area contributed by atoms with Crippen LogP contribution >= 0.6 is 23.2 Å². The lowest BCUT2D eigenvalue weighted by molar-refractivity contribution is -0.139. The van der Waals surface area contributed by atoms with Crippen LogP contribution in [-0.4, -0.2) is 44.8 Å². The summed E-state index contributed by atoms with van der Waals surface area (Å²) in [6.45, 7) is 1.10. The Morgan fingerprint density at radius 2 is 1.51 bits per heavy atom. The first kappa shape index (κ1) is 26.5. The van der Waals surface area contributed by atoms with Crippen LogP contribution in [0.15, 0.2) is 83.8 Å². The molecule has 1 atom stereocenters. The summed E-state index contributed by atoms with van der Waals surface area (Å²) in [5, 5.41) is 2.68. The van der Waals surface area contributed by atoms with Gasteiger partial charge in [0.25, 0.3) is 10.0 Å². The van der Waals surface area contributed by atoms with Crippen molar-refractivity contribution in [3.8, 4) is 0 Å². The van der Waals surface area contributed by atoms with Crippen LogP contribution < -0.4 is 9.62 Å². The van der Waals surface area contributed by atoms with Gasteiger partial charge in [-0.3, -0.25) is 13.9 Å². The molecule has 0 aliphatic heterocycles. The second-order valence-electron chi connectivity index (χ2n) is 7.70. The van der Waals surface area contributed by atoms with Gasteiger partial charge < -0.3 is 10.2 Å². The molecule has 7 nitrogen and oxygen atoms in total. The number of carbonyl (C=O) groups is 2. The fourth-order valence-corrected chi connectivity index (χ4v) is 5.38. The van der Waals surface area contributed by atoms with Gasteiger partial charge >= 0.3 is 0 Å². The van der Waals surface area contributed by atoms with Gasteiger partial charge in [0, 0.05) is 13.6 Å². The Bertz CT molecular complexity index is 1290. The average Bonchev–Trinajstić information content (AvgIpc) is 2.87. The predicted molar refractivity (Wildman–Crippen MR) is 138 cm³/mol. The van der Waals surface area contributed by atoms with Crippen LogP contribution in [0.4, 0.5) is 5.69 Å². The Kier molecular flexibility index (Phi) is 8.77. The Hall–Kier alpha value is -3.07. The van der Waals surface area contributed by atoms with Gasteiger partial charge in [-0.2, -0.15) is 0 Å². The number of hydrogen-bond donors (Lipinski definition) is 1. The maximum absolute atomic E-state index is 13.6. The average molecular weight is 534 g/mol. The second-order valence-corrected chi connectivity index (χ2v) is 10.3. The molecule has 2 amide bonds. The summed E-state index contributed by atoms with van der Waals surface area (Å²) in [6.07, 6.45) is 0. The first-order valence-electron chi connectivity index (χ1n) is 10.7. The lowest BCUT2D eigenvalue weighted by Crippen LogP contribution is -2.50. The van der Waals surface area contributed by atoms with E-state index >= 15 is 0 Å². The summed E-state index contributed by atoms with van der Waals surface area (Å²) in [6, 6.07) is 20.5. The van der Waals surface area contributed by atoms with Gasteiger partial charge in [0.05, 0.1) is 20.6 Å². The number of carbonyl (C=O) groups excluding carboxylic acids is 2. The van der Waals surface area contributed by atoms with Crippen molar-refractivity contribution in [2.45, 2.75) is 24.4 Å². The molecule has 3 aromatic carbocycles. The fourth-order valence-electron chi connectivity index (χ4n) is 3.49. The summed E-state index contributed by atoms with van der Waals surface area (Å²) >= 11 is 12.6. The number of nitrogens with zero attached hydrogens (tertiary/aromatic N) is 2. The number of likely N-dealkylation sites (N-methyl/N-ethyl adjacent to an activating group) is 1. The maximum Gasteiger partial charge on any atom is 0.264 e. The Morgan fingerprint density at radius 1 is 0.914 bits per heavy atom. The van der Waals surface area contributed by atoms with E-state index in [0.29, 0.717) is 0 Å². The number of sulfonamides is 1. The molecule has 0 aliphatic carbocycles. The molecule has 0 saturated carbocycles. The molecule has 35 heavy (non-hydrogen) atoms. The van der Waals surface area contributed by atoms with Gasteiger partial charge in [0.1, 0.15) is 12.6 Å². The Morgan fingerprint density at radius 3 is 2.11 bits per heavy atom. The van der Waals surface area contributed by atoms with Crippen LogP contribution in [0.25, 0.3) is 0 Å². The van der Waals surface area contributed by atoms with E-state index in [1.165, 1.54) is 36.2 Å². The smallest absolute Gasteiger partial charge is 0.264 e. The normalized spacial score (nSPS) is 12.0. The van der Waals surface area contributed by atoms with E-state index in [1.807, 2.05) is 30.3 Å². The molecule has 3 rings (SSSR count).